The molecule has 0 saturated heterocycles. The van der Waals surface area contributed by atoms with Crippen molar-refractivity contribution in [3.63, 3.8) is 0 Å². The van der Waals surface area contributed by atoms with Crippen molar-refractivity contribution in [2.24, 2.45) is 0 Å². The summed E-state index contributed by atoms with van der Waals surface area (Å²) in [6, 6.07) is 29.6. The lowest BCUT2D eigenvalue weighted by atomic mass is 9.93. The van der Waals surface area contributed by atoms with Crippen LogP contribution >= 0.6 is 0 Å². The molecule has 1 aliphatic rings. The highest BCUT2D eigenvalue weighted by molar-refractivity contribution is 5.85. The molecule has 4 nitrogen and oxygen atoms in total. The van der Waals surface area contributed by atoms with Gasteiger partial charge in [-0.3, -0.25) is 4.79 Å². The van der Waals surface area contributed by atoms with E-state index in [4.69, 9.17) is 4.74 Å². The molecule has 1 atom stereocenters. The van der Waals surface area contributed by atoms with Gasteiger partial charge in [-0.2, -0.15) is 0 Å². The van der Waals surface area contributed by atoms with Crippen LogP contribution < -0.4 is 15.0 Å². The first-order chi connectivity index (χ1) is 18.8. The Morgan fingerprint density at radius 3 is 2.31 bits per heavy atom. The number of alkyl halides is 1. The minimum absolute atomic E-state index is 0.144. The lowest BCUT2D eigenvalue weighted by Crippen LogP contribution is -2.55. The highest BCUT2D eigenvalue weighted by atomic mass is 19.1. The molecule has 39 heavy (non-hydrogen) atoms. The molecule has 4 aromatic carbocycles. The number of fused-ring (bicyclic) bond motifs is 1. The van der Waals surface area contributed by atoms with Crippen LogP contribution in [-0.4, -0.2) is 24.1 Å². The van der Waals surface area contributed by atoms with E-state index in [9.17, 15) is 13.6 Å². The molecule has 5 rings (SSSR count). The van der Waals surface area contributed by atoms with E-state index in [2.05, 4.69) is 40.5 Å². The zero-order chi connectivity index (χ0) is 27.4. The summed E-state index contributed by atoms with van der Waals surface area (Å²) in [7, 11) is 0. The van der Waals surface area contributed by atoms with Crippen molar-refractivity contribution >= 4 is 11.6 Å². The van der Waals surface area contributed by atoms with Gasteiger partial charge >= 0.3 is 0 Å². The number of amides is 1. The molecular formula is C33H32F2N2O2. The first-order valence-corrected chi connectivity index (χ1v) is 13.1. The summed E-state index contributed by atoms with van der Waals surface area (Å²) in [5, 5.41) is 3.21. The Hall–Kier alpha value is -4.19. The van der Waals surface area contributed by atoms with Gasteiger partial charge in [0.25, 0.3) is 5.91 Å². The maximum absolute atomic E-state index is 13.5. The first kappa shape index (κ1) is 26.4. The van der Waals surface area contributed by atoms with Gasteiger partial charge in [0.1, 0.15) is 18.2 Å². The molecule has 6 heteroatoms. The number of ether oxygens (including phenoxy) is 1. The SMILES string of the molecule is CC(C)(Oc1ccc(CF)cc1)C(=O)NC1Cc2cc(-c3ccc(F)cc3)ccc2N(Cc2ccccc2)C1. The van der Waals surface area contributed by atoms with Gasteiger partial charge < -0.3 is 15.0 Å². The van der Waals surface area contributed by atoms with Crippen molar-refractivity contribution in [1.82, 2.24) is 5.32 Å². The Morgan fingerprint density at radius 1 is 0.923 bits per heavy atom. The van der Waals surface area contributed by atoms with Gasteiger partial charge in [0.15, 0.2) is 5.60 Å². The minimum Gasteiger partial charge on any atom is -0.478 e. The number of carbonyl (C=O) groups excluding carboxylic acids is 1. The van der Waals surface area contributed by atoms with Crippen LogP contribution in [0.25, 0.3) is 11.1 Å². The lowest BCUT2D eigenvalue weighted by Gasteiger charge is -2.38. The van der Waals surface area contributed by atoms with Crippen LogP contribution in [0.3, 0.4) is 0 Å². The zero-order valence-corrected chi connectivity index (χ0v) is 22.2. The third kappa shape index (κ3) is 6.28. The normalized spacial score (nSPS) is 15.0. The second-order valence-corrected chi connectivity index (χ2v) is 10.5. The van der Waals surface area contributed by atoms with Gasteiger partial charge in [-0.1, -0.05) is 60.7 Å². The van der Waals surface area contributed by atoms with Crippen LogP contribution in [-0.2, 0) is 24.4 Å². The van der Waals surface area contributed by atoms with Gasteiger partial charge in [-0.25, -0.2) is 8.78 Å². The predicted molar refractivity (Wildman–Crippen MR) is 151 cm³/mol. The average Bonchev–Trinajstić information content (AvgIpc) is 2.94. The van der Waals surface area contributed by atoms with Crippen LogP contribution in [0.1, 0.15) is 30.5 Å². The van der Waals surface area contributed by atoms with E-state index >= 15 is 0 Å². The highest BCUT2D eigenvalue weighted by Gasteiger charge is 2.34. The number of anilines is 1. The summed E-state index contributed by atoms with van der Waals surface area (Å²) >= 11 is 0. The fraction of sp³-hybridized carbons (Fsp3) is 0.242. The minimum atomic E-state index is -1.13. The molecule has 0 saturated carbocycles. The lowest BCUT2D eigenvalue weighted by molar-refractivity contribution is -0.134. The largest absolute Gasteiger partial charge is 0.478 e. The summed E-state index contributed by atoms with van der Waals surface area (Å²) < 4.78 is 32.4. The fourth-order valence-corrected chi connectivity index (χ4v) is 4.97. The van der Waals surface area contributed by atoms with Crippen molar-refractivity contribution < 1.29 is 18.3 Å². The van der Waals surface area contributed by atoms with Crippen LogP contribution in [0.5, 0.6) is 5.75 Å². The van der Waals surface area contributed by atoms with Gasteiger partial charge in [-0.05, 0) is 84.5 Å². The molecule has 4 aromatic rings. The number of nitrogens with zero attached hydrogens (tertiary/aromatic N) is 1. The number of halogens is 2. The Morgan fingerprint density at radius 2 is 1.62 bits per heavy atom. The molecule has 1 unspecified atom stereocenters. The topological polar surface area (TPSA) is 41.6 Å². The van der Waals surface area contributed by atoms with Gasteiger partial charge in [0, 0.05) is 18.8 Å². The Bertz CT molecular complexity index is 1420. The maximum Gasteiger partial charge on any atom is 0.263 e. The van der Waals surface area contributed by atoms with E-state index in [1.165, 1.54) is 17.7 Å². The summed E-state index contributed by atoms with van der Waals surface area (Å²) in [6.07, 6.45) is 0.655. The summed E-state index contributed by atoms with van der Waals surface area (Å²) in [5.74, 6) is 0.0209. The van der Waals surface area contributed by atoms with Crippen molar-refractivity contribution in [3.05, 3.63) is 120 Å². The molecular weight excluding hydrogens is 494 g/mol. The Kier molecular flexibility index (Phi) is 7.64. The number of hydrogen-bond donors (Lipinski definition) is 1. The van der Waals surface area contributed by atoms with Crippen LogP contribution in [0.4, 0.5) is 14.5 Å². The summed E-state index contributed by atoms with van der Waals surface area (Å²) in [4.78, 5) is 15.7. The third-order valence-corrected chi connectivity index (χ3v) is 7.05. The van der Waals surface area contributed by atoms with Gasteiger partial charge in [0.05, 0.1) is 6.04 Å². The molecule has 1 heterocycles. The molecule has 0 aromatic heterocycles. The summed E-state index contributed by atoms with van der Waals surface area (Å²) in [5.41, 5.74) is 4.79. The van der Waals surface area contributed by atoms with Crippen molar-refractivity contribution in [1.29, 1.82) is 0 Å². The second kappa shape index (κ2) is 11.3. The quantitative estimate of drug-likeness (QED) is 0.273. The molecule has 1 amide bonds. The van der Waals surface area contributed by atoms with Crippen LogP contribution in [0.2, 0.25) is 0 Å². The number of benzene rings is 4. The number of nitrogens with one attached hydrogen (secondary N) is 1. The summed E-state index contributed by atoms with van der Waals surface area (Å²) in [6.45, 7) is 4.27. The maximum atomic E-state index is 13.5. The number of hydrogen-bond acceptors (Lipinski definition) is 3. The van der Waals surface area contributed by atoms with E-state index in [1.54, 1.807) is 50.2 Å². The first-order valence-electron chi connectivity index (χ1n) is 13.1. The average molecular weight is 527 g/mol. The van der Waals surface area contributed by atoms with E-state index in [0.29, 0.717) is 30.8 Å². The smallest absolute Gasteiger partial charge is 0.263 e. The third-order valence-electron chi connectivity index (χ3n) is 7.05. The molecule has 0 radical (unpaired) electrons. The molecule has 0 spiro atoms. The van der Waals surface area contributed by atoms with Crippen LogP contribution in [0, 0.1) is 5.82 Å². The Balaban J connectivity index is 1.38. The van der Waals surface area contributed by atoms with Crippen molar-refractivity contribution in [3.8, 4) is 16.9 Å². The highest BCUT2D eigenvalue weighted by Crippen LogP contribution is 2.33. The Labute approximate surface area is 228 Å². The van der Waals surface area contributed by atoms with E-state index in [1.807, 2.05) is 18.2 Å². The number of rotatable bonds is 8. The van der Waals surface area contributed by atoms with E-state index in [-0.39, 0.29) is 17.8 Å². The molecule has 0 aliphatic carbocycles. The molecule has 1 N–H and O–H groups in total. The molecule has 1 aliphatic heterocycles. The number of carbonyl (C=O) groups is 1. The van der Waals surface area contributed by atoms with Gasteiger partial charge in [-0.15, -0.1) is 0 Å². The van der Waals surface area contributed by atoms with E-state index < -0.39 is 12.3 Å². The zero-order valence-electron chi connectivity index (χ0n) is 22.2. The standard InChI is InChI=1S/C33H32F2N2O2/c1-33(2,39-30-15-8-23(20-34)9-16-30)32(38)36-29-19-27-18-26(25-10-13-28(35)14-11-25)12-17-31(27)37(22-29)21-24-6-4-3-5-7-24/h3-18,29H,19-22H2,1-2H3,(H,36,38). The van der Waals surface area contributed by atoms with Crippen molar-refractivity contribution in [2.75, 3.05) is 11.4 Å². The molecule has 0 fully saturated rings. The monoisotopic (exact) mass is 526 g/mol. The van der Waals surface area contributed by atoms with Crippen LogP contribution in [0.15, 0.2) is 97.1 Å². The molecule has 200 valence electrons. The van der Waals surface area contributed by atoms with Crippen molar-refractivity contribution in [2.45, 2.75) is 45.1 Å². The molecule has 0 bridgehead atoms. The van der Waals surface area contributed by atoms with E-state index in [0.717, 1.165) is 22.4 Å². The second-order valence-electron chi connectivity index (χ2n) is 10.5. The fourth-order valence-electron chi connectivity index (χ4n) is 4.97. The predicted octanol–water partition coefficient (Wildman–Crippen LogP) is 6.87. The van der Waals surface area contributed by atoms with Gasteiger partial charge in [0.2, 0.25) is 0 Å².